The van der Waals surface area contributed by atoms with Crippen LogP contribution in [-0.4, -0.2) is 56.6 Å². The third-order valence-electron chi connectivity index (χ3n) is 8.08. The van der Waals surface area contributed by atoms with Crippen LogP contribution < -0.4 is 0 Å². The molecule has 0 aromatic heterocycles. The van der Waals surface area contributed by atoms with E-state index in [0.29, 0.717) is 22.8 Å². The lowest BCUT2D eigenvalue weighted by Crippen LogP contribution is -2.43. The highest BCUT2D eigenvalue weighted by atomic mass is 32.2. The summed E-state index contributed by atoms with van der Waals surface area (Å²) in [6.45, 7) is 3.84. The van der Waals surface area contributed by atoms with Crippen LogP contribution in [0.4, 0.5) is 0 Å². The number of hydrogen-bond acceptors (Lipinski definition) is 4. The van der Waals surface area contributed by atoms with Crippen molar-refractivity contribution >= 4 is 21.8 Å². The topological polar surface area (TPSA) is 40.6 Å². The van der Waals surface area contributed by atoms with Crippen LogP contribution in [0.3, 0.4) is 0 Å². The summed E-state index contributed by atoms with van der Waals surface area (Å²) in [7, 11) is -1.77. The van der Waals surface area contributed by atoms with Gasteiger partial charge in [0, 0.05) is 29.7 Å². The van der Waals surface area contributed by atoms with Crippen molar-refractivity contribution in [3.05, 3.63) is 96.1 Å². The fourth-order valence-electron chi connectivity index (χ4n) is 5.71. The Morgan fingerprint density at radius 2 is 1.53 bits per heavy atom. The molecule has 0 saturated carbocycles. The molecule has 0 N–H and O–H groups in total. The molecule has 1 unspecified atom stereocenters. The Hall–Kier alpha value is -2.12. The molecule has 2 aliphatic heterocycles. The van der Waals surface area contributed by atoms with E-state index in [1.165, 1.54) is 33.4 Å². The van der Waals surface area contributed by atoms with E-state index < -0.39 is 10.0 Å². The van der Waals surface area contributed by atoms with Crippen molar-refractivity contribution in [3.63, 3.8) is 0 Å². The van der Waals surface area contributed by atoms with Crippen LogP contribution in [0.15, 0.2) is 94.7 Å². The van der Waals surface area contributed by atoms with Gasteiger partial charge in [-0.05, 0) is 80.6 Å². The maximum atomic E-state index is 13.0. The van der Waals surface area contributed by atoms with Gasteiger partial charge in [0.05, 0.1) is 4.90 Å². The summed E-state index contributed by atoms with van der Waals surface area (Å²) < 4.78 is 27.5. The Kier molecular flexibility index (Phi) is 7.87. The largest absolute Gasteiger partial charge is 0.303 e. The minimum absolute atomic E-state index is 0.332. The molecular formula is C30H36N2O2S2. The van der Waals surface area contributed by atoms with Gasteiger partial charge in [-0.15, -0.1) is 11.8 Å². The summed E-state index contributed by atoms with van der Waals surface area (Å²) in [6.07, 6.45) is 4.31. The molecule has 1 spiro atoms. The Labute approximate surface area is 220 Å². The number of thioether (sulfide) groups is 1. The quantitative estimate of drug-likeness (QED) is 0.346. The van der Waals surface area contributed by atoms with Gasteiger partial charge in [-0.25, -0.2) is 12.7 Å². The average Bonchev–Trinajstić information content (AvgIpc) is 3.28. The van der Waals surface area contributed by atoms with Crippen LogP contribution in [0.5, 0.6) is 0 Å². The standard InChI is InChI=1S/C30H36N2O2S2/c1-31(36(33,34)27-12-6-3-7-13-27)20-16-26(25-10-4-2-5-11-25)17-21-32-22-18-30(19-23-32)24-35-29-15-9-8-14-28(29)30/h2-15,26H,16-24H2,1H3. The second kappa shape index (κ2) is 11.1. The number of likely N-dealkylation sites (tertiary alicyclic amines) is 1. The van der Waals surface area contributed by atoms with Crippen molar-refractivity contribution < 1.29 is 8.42 Å². The van der Waals surface area contributed by atoms with Crippen molar-refractivity contribution in [2.75, 3.05) is 39.0 Å². The van der Waals surface area contributed by atoms with E-state index in [1.807, 2.05) is 23.9 Å². The van der Waals surface area contributed by atoms with Crippen molar-refractivity contribution in [2.24, 2.45) is 0 Å². The molecule has 190 valence electrons. The van der Waals surface area contributed by atoms with Crippen LogP contribution in [0.25, 0.3) is 0 Å². The first kappa shape index (κ1) is 25.5. The maximum absolute atomic E-state index is 13.0. The Morgan fingerprint density at radius 1 is 0.889 bits per heavy atom. The van der Waals surface area contributed by atoms with E-state index in [4.69, 9.17) is 0 Å². The minimum Gasteiger partial charge on any atom is -0.303 e. The van der Waals surface area contributed by atoms with Gasteiger partial charge in [0.25, 0.3) is 0 Å². The number of sulfonamides is 1. The second-order valence-corrected chi connectivity index (χ2v) is 13.3. The first-order valence-corrected chi connectivity index (χ1v) is 15.4. The van der Waals surface area contributed by atoms with Crippen LogP contribution in [-0.2, 0) is 15.4 Å². The van der Waals surface area contributed by atoms with Crippen molar-refractivity contribution in [3.8, 4) is 0 Å². The highest BCUT2D eigenvalue weighted by molar-refractivity contribution is 7.99. The molecule has 4 nitrogen and oxygen atoms in total. The molecule has 0 radical (unpaired) electrons. The molecule has 0 amide bonds. The third-order valence-corrected chi connectivity index (χ3v) is 11.3. The van der Waals surface area contributed by atoms with Gasteiger partial charge >= 0.3 is 0 Å². The zero-order valence-corrected chi connectivity index (χ0v) is 22.7. The number of piperidine rings is 1. The van der Waals surface area contributed by atoms with Crippen LogP contribution in [0, 0.1) is 0 Å². The Bertz CT molecular complexity index is 1240. The number of hydrogen-bond donors (Lipinski definition) is 0. The van der Waals surface area contributed by atoms with Crippen LogP contribution in [0.2, 0.25) is 0 Å². The predicted octanol–water partition coefficient (Wildman–Crippen LogP) is 6.01. The predicted molar refractivity (Wildman–Crippen MR) is 149 cm³/mol. The van der Waals surface area contributed by atoms with Crippen LogP contribution >= 0.6 is 11.8 Å². The van der Waals surface area contributed by atoms with Gasteiger partial charge in [0.1, 0.15) is 0 Å². The van der Waals surface area contributed by atoms with E-state index in [-0.39, 0.29) is 0 Å². The van der Waals surface area contributed by atoms with Crippen molar-refractivity contribution in [1.29, 1.82) is 0 Å². The summed E-state index contributed by atoms with van der Waals surface area (Å²) in [5.41, 5.74) is 3.22. The number of nitrogens with zero attached hydrogens (tertiary/aromatic N) is 2. The summed E-state index contributed by atoms with van der Waals surface area (Å²) >= 11 is 2.03. The molecule has 1 fully saturated rings. The van der Waals surface area contributed by atoms with Gasteiger partial charge in [-0.1, -0.05) is 66.7 Å². The van der Waals surface area contributed by atoms with Gasteiger partial charge in [-0.3, -0.25) is 0 Å². The molecule has 0 aliphatic carbocycles. The molecule has 3 aromatic carbocycles. The fraction of sp³-hybridized carbons (Fsp3) is 0.400. The van der Waals surface area contributed by atoms with Gasteiger partial charge in [-0.2, -0.15) is 0 Å². The molecule has 6 heteroatoms. The molecule has 1 atom stereocenters. The molecule has 1 saturated heterocycles. The van der Waals surface area contributed by atoms with Crippen LogP contribution in [0.1, 0.15) is 42.7 Å². The van der Waals surface area contributed by atoms with Crippen molar-refractivity contribution in [1.82, 2.24) is 9.21 Å². The van der Waals surface area contributed by atoms with E-state index in [2.05, 4.69) is 53.4 Å². The van der Waals surface area contributed by atoms with E-state index in [9.17, 15) is 8.42 Å². The molecule has 5 rings (SSSR count). The Morgan fingerprint density at radius 3 is 2.25 bits per heavy atom. The molecular weight excluding hydrogens is 484 g/mol. The molecule has 36 heavy (non-hydrogen) atoms. The van der Waals surface area contributed by atoms with E-state index in [1.54, 1.807) is 36.9 Å². The van der Waals surface area contributed by atoms with Gasteiger partial charge < -0.3 is 4.90 Å². The summed E-state index contributed by atoms with van der Waals surface area (Å²) in [5, 5.41) is 0. The lowest BCUT2D eigenvalue weighted by molar-refractivity contribution is 0.166. The lowest BCUT2D eigenvalue weighted by Gasteiger charge is -2.40. The monoisotopic (exact) mass is 520 g/mol. The number of benzene rings is 3. The van der Waals surface area contributed by atoms with Gasteiger partial charge in [0.15, 0.2) is 0 Å². The first-order valence-electron chi connectivity index (χ1n) is 13.0. The Balaban J connectivity index is 1.20. The molecule has 3 aromatic rings. The van der Waals surface area contributed by atoms with E-state index >= 15 is 0 Å². The smallest absolute Gasteiger partial charge is 0.242 e. The first-order chi connectivity index (χ1) is 17.5. The second-order valence-electron chi connectivity index (χ2n) is 10.2. The summed E-state index contributed by atoms with van der Waals surface area (Å²) in [6, 6.07) is 28.3. The van der Waals surface area contributed by atoms with Gasteiger partial charge in [0.2, 0.25) is 10.0 Å². The highest BCUT2D eigenvalue weighted by Gasteiger charge is 2.41. The minimum atomic E-state index is -3.47. The zero-order valence-electron chi connectivity index (χ0n) is 21.1. The number of rotatable bonds is 9. The SMILES string of the molecule is CN(CCC(CCN1CCC2(CC1)CSc1ccccc12)c1ccccc1)S(=O)(=O)c1ccccc1. The summed E-state index contributed by atoms with van der Waals surface area (Å²) in [4.78, 5) is 4.46. The third kappa shape index (κ3) is 5.42. The molecule has 2 aliphatic rings. The normalized spacial score (nSPS) is 18.4. The zero-order chi connectivity index (χ0) is 25.0. The summed E-state index contributed by atoms with van der Waals surface area (Å²) in [5.74, 6) is 1.55. The highest BCUT2D eigenvalue weighted by Crippen LogP contribution is 2.49. The van der Waals surface area contributed by atoms with E-state index in [0.717, 1.165) is 32.5 Å². The maximum Gasteiger partial charge on any atom is 0.242 e. The fourth-order valence-corrected chi connectivity index (χ4v) is 8.41. The number of fused-ring (bicyclic) bond motifs is 2. The molecule has 0 bridgehead atoms. The molecule has 2 heterocycles. The lowest BCUT2D eigenvalue weighted by atomic mass is 9.74. The average molecular weight is 521 g/mol. The van der Waals surface area contributed by atoms with Crippen molar-refractivity contribution in [2.45, 2.75) is 46.8 Å².